The van der Waals surface area contributed by atoms with Gasteiger partial charge in [-0.1, -0.05) is 17.8 Å². The minimum absolute atomic E-state index is 0.438. The summed E-state index contributed by atoms with van der Waals surface area (Å²) in [7, 11) is 0. The van der Waals surface area contributed by atoms with Crippen LogP contribution in [0.25, 0.3) is 0 Å². The zero-order valence-corrected chi connectivity index (χ0v) is 10.2. The predicted molar refractivity (Wildman–Crippen MR) is 63.6 cm³/mol. The van der Waals surface area contributed by atoms with E-state index in [0.29, 0.717) is 18.3 Å². The van der Waals surface area contributed by atoms with Gasteiger partial charge in [0.2, 0.25) is 0 Å². The van der Waals surface area contributed by atoms with Gasteiger partial charge in [0.05, 0.1) is 0 Å². The van der Waals surface area contributed by atoms with E-state index in [1.165, 1.54) is 43.7 Å². The average molecular weight is 242 g/mol. The molecule has 2 N–H and O–H groups in total. The monoisotopic (exact) mass is 242 g/mol. The van der Waals surface area contributed by atoms with E-state index in [1.54, 1.807) is 0 Å². The lowest BCUT2D eigenvalue weighted by atomic mass is 10.1. The van der Waals surface area contributed by atoms with Crippen molar-refractivity contribution in [3.63, 3.8) is 0 Å². The van der Waals surface area contributed by atoms with E-state index in [-0.39, 0.29) is 0 Å². The number of nitrogens with two attached hydrogens (primary N) is 1. The number of likely N-dealkylation sites (tertiary alicyclic amines) is 1. The smallest absolute Gasteiger partial charge is 0.294 e. The molecule has 1 aromatic rings. The molecule has 1 aliphatic heterocycles. The SMILES string of the molecule is NCc1nnc(OCCN2CCCCC2)s1. The maximum atomic E-state index is 5.54. The van der Waals surface area contributed by atoms with Gasteiger partial charge in [0.25, 0.3) is 5.19 Å². The summed E-state index contributed by atoms with van der Waals surface area (Å²) in [5.74, 6) is 0. The first-order valence-corrected chi connectivity index (χ1v) is 6.58. The molecule has 1 aromatic heterocycles. The summed E-state index contributed by atoms with van der Waals surface area (Å²) in [4.78, 5) is 2.44. The molecule has 5 nitrogen and oxygen atoms in total. The highest BCUT2D eigenvalue weighted by Crippen LogP contribution is 2.17. The van der Waals surface area contributed by atoms with Gasteiger partial charge in [-0.15, -0.1) is 10.2 Å². The van der Waals surface area contributed by atoms with Crippen LogP contribution in [-0.4, -0.2) is 41.3 Å². The van der Waals surface area contributed by atoms with Gasteiger partial charge in [0.15, 0.2) is 0 Å². The number of rotatable bonds is 5. The molecule has 2 rings (SSSR count). The van der Waals surface area contributed by atoms with Gasteiger partial charge in [-0.05, 0) is 25.9 Å². The van der Waals surface area contributed by atoms with Gasteiger partial charge in [-0.25, -0.2) is 0 Å². The third kappa shape index (κ3) is 3.40. The van der Waals surface area contributed by atoms with Crippen molar-refractivity contribution in [2.24, 2.45) is 5.73 Å². The molecule has 0 amide bonds. The molecular weight excluding hydrogens is 224 g/mol. The lowest BCUT2D eigenvalue weighted by Gasteiger charge is -2.25. The Kier molecular flexibility index (Phi) is 4.50. The van der Waals surface area contributed by atoms with Gasteiger partial charge in [0.1, 0.15) is 11.6 Å². The number of piperidine rings is 1. The molecule has 1 fully saturated rings. The first-order valence-electron chi connectivity index (χ1n) is 5.76. The summed E-state index contributed by atoms with van der Waals surface area (Å²) in [6.45, 7) is 4.52. The Morgan fingerprint density at radius 3 is 2.75 bits per heavy atom. The number of nitrogens with zero attached hydrogens (tertiary/aromatic N) is 3. The lowest BCUT2D eigenvalue weighted by molar-refractivity contribution is 0.182. The third-order valence-corrected chi connectivity index (χ3v) is 3.56. The quantitative estimate of drug-likeness (QED) is 0.829. The fourth-order valence-corrected chi connectivity index (χ4v) is 2.41. The van der Waals surface area contributed by atoms with E-state index in [1.807, 2.05) is 0 Å². The molecule has 6 heteroatoms. The standard InChI is InChI=1S/C10H18N4OS/c11-8-9-12-13-10(16-9)15-7-6-14-4-2-1-3-5-14/h1-8,11H2. The third-order valence-electron chi connectivity index (χ3n) is 2.70. The van der Waals surface area contributed by atoms with Crippen molar-refractivity contribution >= 4 is 11.3 Å². The molecule has 0 atom stereocenters. The van der Waals surface area contributed by atoms with Gasteiger partial charge in [-0.2, -0.15) is 0 Å². The molecule has 0 radical (unpaired) electrons. The summed E-state index contributed by atoms with van der Waals surface area (Å²) < 4.78 is 5.54. The fraction of sp³-hybridized carbons (Fsp3) is 0.800. The molecule has 0 aromatic carbocycles. The van der Waals surface area contributed by atoms with Crippen molar-refractivity contribution in [3.05, 3.63) is 5.01 Å². The Bertz CT molecular complexity index is 312. The van der Waals surface area contributed by atoms with E-state index in [4.69, 9.17) is 10.5 Å². The molecular formula is C10H18N4OS. The molecule has 0 saturated carbocycles. The van der Waals surface area contributed by atoms with Crippen LogP contribution in [0.4, 0.5) is 0 Å². The van der Waals surface area contributed by atoms with Crippen LogP contribution in [0.2, 0.25) is 0 Å². The molecule has 0 bridgehead atoms. The number of aromatic nitrogens is 2. The normalized spacial score (nSPS) is 17.6. The zero-order chi connectivity index (χ0) is 11.2. The highest BCUT2D eigenvalue weighted by atomic mass is 32.1. The van der Waals surface area contributed by atoms with Crippen LogP contribution in [0, 0.1) is 0 Å². The second kappa shape index (κ2) is 6.12. The number of hydrogen-bond acceptors (Lipinski definition) is 6. The van der Waals surface area contributed by atoms with Crippen molar-refractivity contribution in [1.82, 2.24) is 15.1 Å². The number of ether oxygens (including phenoxy) is 1. The van der Waals surface area contributed by atoms with Crippen LogP contribution in [0.3, 0.4) is 0 Å². The molecule has 0 spiro atoms. The highest BCUT2D eigenvalue weighted by molar-refractivity contribution is 7.13. The average Bonchev–Trinajstić information content (AvgIpc) is 2.78. The largest absolute Gasteiger partial charge is 0.468 e. The van der Waals surface area contributed by atoms with E-state index in [0.717, 1.165) is 11.6 Å². The van der Waals surface area contributed by atoms with Crippen molar-refractivity contribution in [3.8, 4) is 5.19 Å². The van der Waals surface area contributed by atoms with Crippen LogP contribution < -0.4 is 10.5 Å². The van der Waals surface area contributed by atoms with Gasteiger partial charge in [-0.3, -0.25) is 4.90 Å². The van der Waals surface area contributed by atoms with E-state index >= 15 is 0 Å². The maximum absolute atomic E-state index is 5.54. The Hall–Kier alpha value is -0.720. The molecule has 2 heterocycles. The summed E-state index contributed by atoms with van der Waals surface area (Å²) in [6.07, 6.45) is 4.00. The van der Waals surface area contributed by atoms with E-state index in [9.17, 15) is 0 Å². The first kappa shape index (κ1) is 11.8. The van der Waals surface area contributed by atoms with E-state index < -0.39 is 0 Å². The molecule has 0 aliphatic carbocycles. The minimum Gasteiger partial charge on any atom is -0.468 e. The second-order valence-corrected chi connectivity index (χ2v) is 4.94. The summed E-state index contributed by atoms with van der Waals surface area (Å²) in [6, 6.07) is 0. The Labute approximate surface area is 99.6 Å². The Balaban J connectivity index is 1.66. The molecule has 1 aliphatic rings. The summed E-state index contributed by atoms with van der Waals surface area (Å²) in [5, 5.41) is 9.29. The van der Waals surface area contributed by atoms with Crippen molar-refractivity contribution in [1.29, 1.82) is 0 Å². The fourth-order valence-electron chi connectivity index (χ4n) is 1.82. The molecule has 16 heavy (non-hydrogen) atoms. The van der Waals surface area contributed by atoms with Crippen molar-refractivity contribution < 1.29 is 4.74 Å². The lowest BCUT2D eigenvalue weighted by Crippen LogP contribution is -2.33. The van der Waals surface area contributed by atoms with Crippen LogP contribution in [0.15, 0.2) is 0 Å². The Morgan fingerprint density at radius 2 is 2.06 bits per heavy atom. The molecule has 90 valence electrons. The minimum atomic E-state index is 0.438. The zero-order valence-electron chi connectivity index (χ0n) is 9.39. The van der Waals surface area contributed by atoms with Crippen LogP contribution in [0.1, 0.15) is 24.3 Å². The maximum Gasteiger partial charge on any atom is 0.294 e. The van der Waals surface area contributed by atoms with Gasteiger partial charge < -0.3 is 10.5 Å². The number of hydrogen-bond donors (Lipinski definition) is 1. The topological polar surface area (TPSA) is 64.3 Å². The van der Waals surface area contributed by atoms with Crippen LogP contribution in [-0.2, 0) is 6.54 Å². The van der Waals surface area contributed by atoms with Crippen LogP contribution in [0.5, 0.6) is 5.19 Å². The van der Waals surface area contributed by atoms with Gasteiger partial charge >= 0.3 is 0 Å². The summed E-state index contributed by atoms with van der Waals surface area (Å²) in [5.41, 5.74) is 5.45. The summed E-state index contributed by atoms with van der Waals surface area (Å²) >= 11 is 1.43. The van der Waals surface area contributed by atoms with Crippen molar-refractivity contribution in [2.45, 2.75) is 25.8 Å². The van der Waals surface area contributed by atoms with Crippen LogP contribution >= 0.6 is 11.3 Å². The predicted octanol–water partition coefficient (Wildman–Crippen LogP) is 0.861. The Morgan fingerprint density at radius 1 is 1.25 bits per heavy atom. The van der Waals surface area contributed by atoms with Gasteiger partial charge in [0, 0.05) is 13.1 Å². The highest BCUT2D eigenvalue weighted by Gasteiger charge is 2.10. The van der Waals surface area contributed by atoms with E-state index in [2.05, 4.69) is 15.1 Å². The van der Waals surface area contributed by atoms with Crippen molar-refractivity contribution in [2.75, 3.05) is 26.2 Å². The molecule has 0 unspecified atom stereocenters. The molecule has 1 saturated heterocycles. The second-order valence-electron chi connectivity index (χ2n) is 3.92. The first-order chi connectivity index (χ1) is 7.88.